The zero-order chi connectivity index (χ0) is 21.4. The minimum absolute atomic E-state index is 0.182. The minimum atomic E-state index is -0.614. The summed E-state index contributed by atoms with van der Waals surface area (Å²) in [6.45, 7) is 0.337. The fraction of sp³-hybridized carbons (Fsp3) is 0.261. The van der Waals surface area contributed by atoms with Gasteiger partial charge >= 0.3 is 0 Å². The molecule has 3 amide bonds. The number of benzene rings is 2. The van der Waals surface area contributed by atoms with Crippen molar-refractivity contribution >= 4 is 17.7 Å². The number of piperidine rings is 1. The van der Waals surface area contributed by atoms with Crippen LogP contribution in [0, 0.1) is 0 Å². The molecule has 3 aromatic rings. The molecule has 0 saturated carbocycles. The summed E-state index contributed by atoms with van der Waals surface area (Å²) >= 11 is 0. The van der Waals surface area contributed by atoms with Crippen molar-refractivity contribution in [2.24, 2.45) is 0 Å². The minimum Gasteiger partial charge on any atom is -0.322 e. The number of nitrogens with one attached hydrogen (secondary N) is 1. The van der Waals surface area contributed by atoms with Gasteiger partial charge in [0.25, 0.3) is 5.91 Å². The second-order valence-corrected chi connectivity index (χ2v) is 7.88. The molecule has 0 aliphatic carbocycles. The van der Waals surface area contributed by atoms with E-state index in [0.717, 1.165) is 29.8 Å². The summed E-state index contributed by atoms with van der Waals surface area (Å²) < 4.78 is 1.71. The summed E-state index contributed by atoms with van der Waals surface area (Å²) in [5, 5.41) is 10.8. The van der Waals surface area contributed by atoms with Gasteiger partial charge < -0.3 is 4.90 Å². The van der Waals surface area contributed by atoms with E-state index in [1.807, 2.05) is 36.5 Å². The number of aromatic nitrogens is 3. The largest absolute Gasteiger partial charge is 0.322 e. The molecule has 31 heavy (non-hydrogen) atoms. The maximum absolute atomic E-state index is 12.8. The molecule has 2 aliphatic rings. The van der Waals surface area contributed by atoms with Crippen molar-refractivity contribution in [2.45, 2.75) is 38.3 Å². The molecule has 8 nitrogen and oxygen atoms in total. The quantitative estimate of drug-likeness (QED) is 0.641. The summed E-state index contributed by atoms with van der Waals surface area (Å²) in [5.74, 6) is -0.878. The van der Waals surface area contributed by atoms with Crippen LogP contribution in [0.15, 0.2) is 54.7 Å². The molecule has 0 radical (unpaired) electrons. The number of fused-ring (bicyclic) bond motifs is 1. The van der Waals surface area contributed by atoms with Gasteiger partial charge in [0.05, 0.1) is 17.6 Å². The lowest BCUT2D eigenvalue weighted by atomic mass is 10.0. The van der Waals surface area contributed by atoms with Crippen molar-refractivity contribution in [2.75, 3.05) is 0 Å². The van der Waals surface area contributed by atoms with Gasteiger partial charge in [-0.1, -0.05) is 35.5 Å². The lowest BCUT2D eigenvalue weighted by Gasteiger charge is -2.29. The molecular formula is C23H21N5O3. The number of carbonyl (C=O) groups excluding carboxylic acids is 3. The Kier molecular flexibility index (Phi) is 4.82. The van der Waals surface area contributed by atoms with Gasteiger partial charge in [0.15, 0.2) is 0 Å². The van der Waals surface area contributed by atoms with Gasteiger partial charge in [0, 0.05) is 18.5 Å². The van der Waals surface area contributed by atoms with Crippen LogP contribution in [0.1, 0.15) is 40.0 Å². The van der Waals surface area contributed by atoms with Gasteiger partial charge in [-0.05, 0) is 48.6 Å². The summed E-state index contributed by atoms with van der Waals surface area (Å²) in [4.78, 5) is 38.0. The van der Waals surface area contributed by atoms with E-state index in [1.165, 1.54) is 5.56 Å². The van der Waals surface area contributed by atoms with E-state index in [9.17, 15) is 14.4 Å². The van der Waals surface area contributed by atoms with E-state index in [0.29, 0.717) is 18.5 Å². The van der Waals surface area contributed by atoms with Crippen LogP contribution in [-0.4, -0.2) is 43.7 Å². The molecule has 156 valence electrons. The van der Waals surface area contributed by atoms with E-state index in [2.05, 4.69) is 27.8 Å². The molecule has 1 saturated heterocycles. The molecule has 0 bridgehead atoms. The van der Waals surface area contributed by atoms with Gasteiger partial charge in [-0.15, -0.1) is 5.10 Å². The Balaban J connectivity index is 1.31. The first-order valence-corrected chi connectivity index (χ1v) is 10.3. The standard InChI is InChI=1S/C23H21N5O3/c29-21-11-10-20(22(30)24-21)27-13-16-12-18(8-9-19(16)23(27)31)28-14-17(25-26-28)7-6-15-4-2-1-3-5-15/h1-5,8-9,12,14,20H,6-7,10-11,13H2,(H,24,29,30). The molecule has 2 aliphatic heterocycles. The highest BCUT2D eigenvalue weighted by molar-refractivity contribution is 6.05. The topological polar surface area (TPSA) is 97.2 Å². The van der Waals surface area contributed by atoms with Gasteiger partial charge in [-0.2, -0.15) is 0 Å². The van der Waals surface area contributed by atoms with Crippen LogP contribution in [-0.2, 0) is 29.0 Å². The first-order chi connectivity index (χ1) is 15.1. The van der Waals surface area contributed by atoms with Crippen LogP contribution in [0.4, 0.5) is 0 Å². The van der Waals surface area contributed by atoms with Gasteiger partial charge in [-0.3, -0.25) is 19.7 Å². The van der Waals surface area contributed by atoms with Gasteiger partial charge in [0.1, 0.15) is 6.04 Å². The third-order valence-electron chi connectivity index (χ3n) is 5.83. The molecule has 1 fully saturated rings. The maximum Gasteiger partial charge on any atom is 0.255 e. The van der Waals surface area contributed by atoms with Crippen LogP contribution in [0.25, 0.3) is 5.69 Å². The maximum atomic E-state index is 12.8. The van der Waals surface area contributed by atoms with Crippen molar-refractivity contribution in [1.29, 1.82) is 0 Å². The highest BCUT2D eigenvalue weighted by Gasteiger charge is 2.39. The van der Waals surface area contributed by atoms with Gasteiger partial charge in [-0.25, -0.2) is 4.68 Å². The third kappa shape index (κ3) is 3.72. The Hall–Kier alpha value is -3.81. The molecule has 1 unspecified atom stereocenters. The van der Waals surface area contributed by atoms with Crippen molar-refractivity contribution in [3.63, 3.8) is 0 Å². The number of nitrogens with zero attached hydrogens (tertiary/aromatic N) is 4. The van der Waals surface area contributed by atoms with Crippen molar-refractivity contribution in [3.8, 4) is 5.69 Å². The number of carbonyl (C=O) groups is 3. The highest BCUT2D eigenvalue weighted by atomic mass is 16.2. The lowest BCUT2D eigenvalue weighted by molar-refractivity contribution is -0.136. The van der Waals surface area contributed by atoms with Gasteiger partial charge in [0.2, 0.25) is 11.8 Å². The first kappa shape index (κ1) is 19.2. The first-order valence-electron chi connectivity index (χ1n) is 10.3. The third-order valence-corrected chi connectivity index (χ3v) is 5.83. The number of hydrogen-bond donors (Lipinski definition) is 1. The monoisotopic (exact) mass is 415 g/mol. The number of amides is 3. The molecule has 1 N–H and O–H groups in total. The van der Waals surface area contributed by atoms with Crippen LogP contribution in [0.5, 0.6) is 0 Å². The molecule has 8 heteroatoms. The van der Waals surface area contributed by atoms with Crippen LogP contribution in [0.3, 0.4) is 0 Å². The fourth-order valence-electron chi connectivity index (χ4n) is 4.16. The second-order valence-electron chi connectivity index (χ2n) is 7.88. The van der Waals surface area contributed by atoms with Crippen molar-refractivity contribution in [3.05, 3.63) is 77.1 Å². The number of imide groups is 1. The van der Waals surface area contributed by atoms with E-state index in [1.54, 1.807) is 15.6 Å². The smallest absolute Gasteiger partial charge is 0.255 e. The molecule has 2 aromatic carbocycles. The van der Waals surface area contributed by atoms with E-state index < -0.39 is 11.9 Å². The summed E-state index contributed by atoms with van der Waals surface area (Å²) in [7, 11) is 0. The molecule has 1 atom stereocenters. The van der Waals surface area contributed by atoms with Crippen LogP contribution < -0.4 is 5.32 Å². The molecule has 5 rings (SSSR count). The molecule has 3 heterocycles. The van der Waals surface area contributed by atoms with E-state index in [-0.39, 0.29) is 18.2 Å². The number of hydrogen-bond acceptors (Lipinski definition) is 5. The Bertz CT molecular complexity index is 1170. The summed E-state index contributed by atoms with van der Waals surface area (Å²) in [6, 6.07) is 15.1. The van der Waals surface area contributed by atoms with Crippen LogP contribution in [0.2, 0.25) is 0 Å². The molecule has 1 aromatic heterocycles. The Morgan fingerprint density at radius 3 is 2.68 bits per heavy atom. The predicted molar refractivity (Wildman–Crippen MR) is 111 cm³/mol. The fourth-order valence-corrected chi connectivity index (χ4v) is 4.16. The summed E-state index contributed by atoms with van der Waals surface area (Å²) in [5.41, 5.74) is 4.38. The second kappa shape index (κ2) is 7.79. The summed E-state index contributed by atoms with van der Waals surface area (Å²) in [6.07, 6.45) is 4.17. The number of aryl methyl sites for hydroxylation is 2. The molecule has 0 spiro atoms. The SMILES string of the molecule is O=C1CCC(N2Cc3cc(-n4cc(CCc5ccccc5)nn4)ccc3C2=O)C(=O)N1. The van der Waals surface area contributed by atoms with Crippen molar-refractivity contribution < 1.29 is 14.4 Å². The average molecular weight is 415 g/mol. The number of rotatable bonds is 5. The Labute approximate surface area is 178 Å². The average Bonchev–Trinajstić information content (AvgIpc) is 3.38. The van der Waals surface area contributed by atoms with E-state index in [4.69, 9.17) is 0 Å². The Morgan fingerprint density at radius 2 is 1.87 bits per heavy atom. The Morgan fingerprint density at radius 1 is 1.03 bits per heavy atom. The zero-order valence-electron chi connectivity index (χ0n) is 16.8. The lowest BCUT2D eigenvalue weighted by Crippen LogP contribution is -2.52. The zero-order valence-corrected chi connectivity index (χ0v) is 16.8. The predicted octanol–water partition coefficient (Wildman–Crippen LogP) is 1.81. The highest BCUT2D eigenvalue weighted by Crippen LogP contribution is 2.29. The van der Waals surface area contributed by atoms with Crippen molar-refractivity contribution in [1.82, 2.24) is 25.2 Å². The normalized spacial score (nSPS) is 18.3. The van der Waals surface area contributed by atoms with Crippen LogP contribution >= 0.6 is 0 Å². The molecular weight excluding hydrogens is 394 g/mol. The van der Waals surface area contributed by atoms with E-state index >= 15 is 0 Å².